The van der Waals surface area contributed by atoms with Crippen LogP contribution < -0.4 is 5.73 Å². The molecule has 1 aromatic heterocycles. The minimum Gasteiger partial charge on any atom is -0.320 e. The maximum absolute atomic E-state index is 13.1. The molecule has 0 spiro atoms. The molecule has 0 fully saturated rings. The fourth-order valence-corrected chi connectivity index (χ4v) is 2.16. The Bertz CT molecular complexity index is 534. The van der Waals surface area contributed by atoms with Gasteiger partial charge in [0.1, 0.15) is 11.9 Å². The molecule has 2 aromatic rings. The summed E-state index contributed by atoms with van der Waals surface area (Å²) in [6, 6.07) is 7.81. The predicted octanol–water partition coefficient (Wildman–Crippen LogP) is 3.23. The molecule has 0 aliphatic carbocycles. The Morgan fingerprint density at radius 3 is 2.65 bits per heavy atom. The Labute approximate surface area is 109 Å². The van der Waals surface area contributed by atoms with Crippen molar-refractivity contribution < 1.29 is 4.39 Å². The summed E-state index contributed by atoms with van der Waals surface area (Å²) in [6.45, 7) is 0. The van der Waals surface area contributed by atoms with Crippen LogP contribution in [-0.4, -0.2) is 0 Å². The SMILES string of the molecule is Cl.N#Cc1cc([C@H](N)c2ccsc2)ccc1F. The highest BCUT2D eigenvalue weighted by Gasteiger charge is 2.11. The molecule has 1 aromatic carbocycles. The molecule has 0 aliphatic heterocycles. The van der Waals surface area contributed by atoms with E-state index in [1.165, 1.54) is 12.1 Å². The number of rotatable bonds is 2. The zero-order valence-corrected chi connectivity index (χ0v) is 10.4. The summed E-state index contributed by atoms with van der Waals surface area (Å²) in [7, 11) is 0. The van der Waals surface area contributed by atoms with Crippen LogP contribution in [0.15, 0.2) is 35.0 Å². The van der Waals surface area contributed by atoms with Gasteiger partial charge in [-0.1, -0.05) is 6.07 Å². The number of hydrogen-bond donors (Lipinski definition) is 1. The molecule has 0 saturated carbocycles. The van der Waals surface area contributed by atoms with E-state index >= 15 is 0 Å². The van der Waals surface area contributed by atoms with E-state index in [2.05, 4.69) is 0 Å². The van der Waals surface area contributed by atoms with Crippen LogP contribution in [0.1, 0.15) is 22.7 Å². The molecule has 2 nitrogen and oxygen atoms in total. The van der Waals surface area contributed by atoms with Crippen LogP contribution in [0.5, 0.6) is 0 Å². The van der Waals surface area contributed by atoms with E-state index in [4.69, 9.17) is 11.0 Å². The van der Waals surface area contributed by atoms with Gasteiger partial charge in [0.25, 0.3) is 0 Å². The van der Waals surface area contributed by atoms with E-state index in [1.807, 2.05) is 22.9 Å². The normalized spacial score (nSPS) is 11.4. The van der Waals surface area contributed by atoms with Crippen molar-refractivity contribution in [2.45, 2.75) is 6.04 Å². The minimum atomic E-state index is -0.510. The van der Waals surface area contributed by atoms with Gasteiger partial charge in [0.2, 0.25) is 0 Å². The third-order valence-corrected chi connectivity index (χ3v) is 3.07. The molecule has 5 heteroatoms. The third kappa shape index (κ3) is 2.83. The summed E-state index contributed by atoms with van der Waals surface area (Å²) in [4.78, 5) is 0. The van der Waals surface area contributed by atoms with E-state index < -0.39 is 5.82 Å². The zero-order valence-electron chi connectivity index (χ0n) is 8.76. The van der Waals surface area contributed by atoms with Crippen molar-refractivity contribution in [1.29, 1.82) is 5.26 Å². The molecule has 0 aliphatic rings. The van der Waals surface area contributed by atoms with E-state index in [0.29, 0.717) is 0 Å². The van der Waals surface area contributed by atoms with E-state index in [1.54, 1.807) is 17.4 Å². The van der Waals surface area contributed by atoms with Crippen LogP contribution in [0.25, 0.3) is 0 Å². The first-order valence-electron chi connectivity index (χ1n) is 4.69. The van der Waals surface area contributed by atoms with Gasteiger partial charge in [0.15, 0.2) is 0 Å². The molecule has 0 bridgehead atoms. The van der Waals surface area contributed by atoms with Crippen molar-refractivity contribution in [2.75, 3.05) is 0 Å². The molecular formula is C12H10ClFN2S. The molecular weight excluding hydrogens is 259 g/mol. The second-order valence-corrected chi connectivity index (χ2v) is 4.17. The standard InChI is InChI=1S/C12H9FN2S.ClH/c13-11-2-1-8(5-10(11)6-14)12(15)9-3-4-16-7-9;/h1-5,7,12H,15H2;1H/t12-;/m0./s1. The van der Waals surface area contributed by atoms with Gasteiger partial charge in [0, 0.05) is 0 Å². The average Bonchev–Trinajstić information content (AvgIpc) is 2.82. The van der Waals surface area contributed by atoms with E-state index in [9.17, 15) is 4.39 Å². The Balaban J connectivity index is 0.00000144. The summed E-state index contributed by atoms with van der Waals surface area (Å²) in [5, 5.41) is 12.6. The first kappa shape index (κ1) is 13.7. The lowest BCUT2D eigenvalue weighted by Crippen LogP contribution is -2.11. The average molecular weight is 269 g/mol. The molecule has 0 saturated heterocycles. The fourth-order valence-electron chi connectivity index (χ4n) is 1.47. The van der Waals surface area contributed by atoms with Gasteiger partial charge >= 0.3 is 0 Å². The molecule has 0 unspecified atom stereocenters. The number of halogens is 2. The van der Waals surface area contributed by atoms with Gasteiger partial charge in [-0.3, -0.25) is 0 Å². The van der Waals surface area contributed by atoms with Crippen molar-refractivity contribution in [2.24, 2.45) is 5.73 Å². The van der Waals surface area contributed by atoms with Crippen LogP contribution in [0.4, 0.5) is 4.39 Å². The number of benzene rings is 1. The Morgan fingerprint density at radius 2 is 2.06 bits per heavy atom. The second-order valence-electron chi connectivity index (χ2n) is 3.39. The number of nitrogens with zero attached hydrogens (tertiary/aromatic N) is 1. The lowest BCUT2D eigenvalue weighted by Gasteiger charge is -2.10. The van der Waals surface area contributed by atoms with Gasteiger partial charge in [-0.2, -0.15) is 16.6 Å². The fraction of sp³-hybridized carbons (Fsp3) is 0.0833. The van der Waals surface area contributed by atoms with Gasteiger partial charge in [-0.15, -0.1) is 12.4 Å². The quantitative estimate of drug-likeness (QED) is 0.909. The van der Waals surface area contributed by atoms with Crippen molar-refractivity contribution in [3.63, 3.8) is 0 Å². The van der Waals surface area contributed by atoms with E-state index in [-0.39, 0.29) is 24.0 Å². The van der Waals surface area contributed by atoms with Crippen molar-refractivity contribution in [1.82, 2.24) is 0 Å². The molecule has 0 amide bonds. The predicted molar refractivity (Wildman–Crippen MR) is 68.7 cm³/mol. The summed E-state index contributed by atoms with van der Waals surface area (Å²) < 4.78 is 13.1. The van der Waals surface area contributed by atoms with Gasteiger partial charge in [-0.25, -0.2) is 4.39 Å². The molecule has 0 radical (unpaired) electrons. The van der Waals surface area contributed by atoms with E-state index in [0.717, 1.165) is 11.1 Å². The maximum atomic E-state index is 13.1. The van der Waals surface area contributed by atoms with Crippen LogP contribution in [-0.2, 0) is 0 Å². The third-order valence-electron chi connectivity index (χ3n) is 2.37. The lowest BCUT2D eigenvalue weighted by atomic mass is 10.0. The van der Waals surface area contributed by atoms with Crippen LogP contribution in [0, 0.1) is 17.1 Å². The summed E-state index contributed by atoms with van der Waals surface area (Å²) >= 11 is 1.56. The first-order valence-corrected chi connectivity index (χ1v) is 5.64. The molecule has 88 valence electrons. The highest BCUT2D eigenvalue weighted by Crippen LogP contribution is 2.23. The van der Waals surface area contributed by atoms with Crippen LogP contribution in [0.2, 0.25) is 0 Å². The highest BCUT2D eigenvalue weighted by molar-refractivity contribution is 7.08. The smallest absolute Gasteiger partial charge is 0.140 e. The van der Waals surface area contributed by atoms with Gasteiger partial charge in [0.05, 0.1) is 11.6 Å². The second kappa shape index (κ2) is 5.78. The van der Waals surface area contributed by atoms with Gasteiger partial charge < -0.3 is 5.73 Å². The minimum absolute atomic E-state index is 0. The first-order chi connectivity index (χ1) is 7.72. The Hall–Kier alpha value is -1.41. The highest BCUT2D eigenvalue weighted by atomic mass is 35.5. The summed E-state index contributed by atoms with van der Waals surface area (Å²) in [5.74, 6) is -0.510. The van der Waals surface area contributed by atoms with Crippen molar-refractivity contribution >= 4 is 23.7 Å². The Kier molecular flexibility index (Phi) is 4.64. The molecule has 1 atom stereocenters. The summed E-state index contributed by atoms with van der Waals surface area (Å²) in [6.07, 6.45) is 0. The largest absolute Gasteiger partial charge is 0.320 e. The molecule has 2 N–H and O–H groups in total. The van der Waals surface area contributed by atoms with Crippen LogP contribution >= 0.6 is 23.7 Å². The summed E-state index contributed by atoms with van der Waals surface area (Å²) in [5.41, 5.74) is 7.76. The van der Waals surface area contributed by atoms with Gasteiger partial charge in [-0.05, 0) is 40.1 Å². The maximum Gasteiger partial charge on any atom is 0.140 e. The number of nitriles is 1. The van der Waals surface area contributed by atoms with Crippen LogP contribution in [0.3, 0.4) is 0 Å². The van der Waals surface area contributed by atoms with Crippen molar-refractivity contribution in [3.05, 3.63) is 57.5 Å². The zero-order chi connectivity index (χ0) is 11.5. The van der Waals surface area contributed by atoms with Crippen molar-refractivity contribution in [3.8, 4) is 6.07 Å². The topological polar surface area (TPSA) is 49.8 Å². The monoisotopic (exact) mass is 268 g/mol. The molecule has 2 rings (SSSR count). The molecule has 17 heavy (non-hydrogen) atoms. The number of nitrogens with two attached hydrogens (primary N) is 1. The number of thiophene rings is 1. The Morgan fingerprint density at radius 1 is 1.29 bits per heavy atom. The lowest BCUT2D eigenvalue weighted by molar-refractivity contribution is 0.622. The number of hydrogen-bond acceptors (Lipinski definition) is 3. The molecule has 1 heterocycles.